The number of fused-ring (bicyclic) bond motifs is 1. The van der Waals surface area contributed by atoms with E-state index in [1.807, 2.05) is 4.57 Å². The first-order valence-corrected chi connectivity index (χ1v) is 9.94. The Hall–Kier alpha value is -1.54. The zero-order chi connectivity index (χ0) is 18.4. The molecule has 0 aliphatic carbocycles. The van der Waals surface area contributed by atoms with E-state index in [-0.39, 0.29) is 0 Å². The third-order valence-electron chi connectivity index (χ3n) is 4.16. The number of H-pyrrole nitrogens is 1. The van der Waals surface area contributed by atoms with E-state index < -0.39 is 17.4 Å². The van der Waals surface area contributed by atoms with Gasteiger partial charge in [0.25, 0.3) is 5.56 Å². The van der Waals surface area contributed by atoms with Gasteiger partial charge in [-0.2, -0.15) is 0 Å². The van der Waals surface area contributed by atoms with Crippen molar-refractivity contribution in [3.8, 4) is 0 Å². The van der Waals surface area contributed by atoms with Crippen molar-refractivity contribution >= 4 is 22.9 Å². The number of thioether (sulfide) groups is 1. The number of hydrogen-bond acceptors (Lipinski definition) is 5. The van der Waals surface area contributed by atoms with Crippen LogP contribution in [0.2, 0.25) is 0 Å². The lowest BCUT2D eigenvalue weighted by Crippen LogP contribution is -2.29. The van der Waals surface area contributed by atoms with Gasteiger partial charge in [-0.3, -0.25) is 14.3 Å². The van der Waals surface area contributed by atoms with Gasteiger partial charge in [0.05, 0.1) is 6.10 Å². The molecule has 1 atom stereocenters. The Kier molecular flexibility index (Phi) is 7.31. The summed E-state index contributed by atoms with van der Waals surface area (Å²) in [6.45, 7) is 4.60. The topological polar surface area (TPSA) is 92.9 Å². The van der Waals surface area contributed by atoms with Crippen LogP contribution in [0.3, 0.4) is 0 Å². The molecule has 0 amide bonds. The fraction of sp³-hybridized carbons (Fsp3) is 0.706. The molecule has 7 nitrogen and oxygen atoms in total. The molecule has 0 radical (unpaired) electrons. The first kappa shape index (κ1) is 19.8. The van der Waals surface area contributed by atoms with Gasteiger partial charge in [-0.1, -0.05) is 50.8 Å². The molecule has 0 fully saturated rings. The van der Waals surface area contributed by atoms with Crippen molar-refractivity contribution in [1.82, 2.24) is 19.1 Å². The van der Waals surface area contributed by atoms with Crippen LogP contribution in [0.5, 0.6) is 0 Å². The van der Waals surface area contributed by atoms with Gasteiger partial charge in [-0.25, -0.2) is 9.78 Å². The van der Waals surface area contributed by atoms with Crippen LogP contribution in [0.25, 0.3) is 11.2 Å². The zero-order valence-corrected chi connectivity index (χ0v) is 16.1. The normalized spacial score (nSPS) is 12.8. The molecule has 0 aliphatic rings. The second-order valence-corrected chi connectivity index (χ2v) is 7.45. The molecular weight excluding hydrogens is 340 g/mol. The molecule has 2 rings (SSSR count). The molecule has 0 aromatic carbocycles. The first-order valence-electron chi connectivity index (χ1n) is 8.96. The number of aromatic amines is 1. The number of hydrogen-bond donors (Lipinski definition) is 2. The Morgan fingerprint density at radius 3 is 2.56 bits per heavy atom. The Balaban J connectivity index is 2.27. The predicted octanol–water partition coefficient (Wildman–Crippen LogP) is 2.26. The monoisotopic (exact) mass is 368 g/mol. The van der Waals surface area contributed by atoms with Gasteiger partial charge >= 0.3 is 5.69 Å². The van der Waals surface area contributed by atoms with Crippen LogP contribution >= 0.6 is 11.8 Å². The van der Waals surface area contributed by atoms with E-state index in [0.717, 1.165) is 12.8 Å². The number of nitrogens with one attached hydrogen (secondary N) is 1. The maximum Gasteiger partial charge on any atom is 0.329 e. The summed E-state index contributed by atoms with van der Waals surface area (Å²) in [6, 6.07) is 0. The van der Waals surface area contributed by atoms with Crippen LogP contribution in [0.4, 0.5) is 0 Å². The number of aromatic nitrogens is 4. The van der Waals surface area contributed by atoms with E-state index in [4.69, 9.17) is 0 Å². The highest BCUT2D eigenvalue weighted by atomic mass is 32.2. The quantitative estimate of drug-likeness (QED) is 0.496. The number of aliphatic hydroxyl groups excluding tert-OH is 1. The number of aryl methyl sites for hydroxylation is 2. The zero-order valence-electron chi connectivity index (χ0n) is 15.2. The van der Waals surface area contributed by atoms with E-state index in [2.05, 4.69) is 16.9 Å². The number of rotatable bonds is 10. The van der Waals surface area contributed by atoms with Crippen LogP contribution in [0, 0.1) is 0 Å². The number of aliphatic hydroxyl groups is 1. The average Bonchev–Trinajstić information content (AvgIpc) is 2.93. The summed E-state index contributed by atoms with van der Waals surface area (Å²) < 4.78 is 3.25. The molecule has 0 aliphatic heterocycles. The Morgan fingerprint density at radius 1 is 1.20 bits per heavy atom. The first-order chi connectivity index (χ1) is 12.0. The highest BCUT2D eigenvalue weighted by molar-refractivity contribution is 7.99. The van der Waals surface area contributed by atoms with Crippen LogP contribution < -0.4 is 11.2 Å². The lowest BCUT2D eigenvalue weighted by molar-refractivity contribution is 0.220. The van der Waals surface area contributed by atoms with Crippen molar-refractivity contribution in [1.29, 1.82) is 0 Å². The van der Waals surface area contributed by atoms with E-state index in [0.29, 0.717) is 28.6 Å². The summed E-state index contributed by atoms with van der Waals surface area (Å²) in [4.78, 5) is 31.0. The molecular formula is C17H28N4O3S. The molecule has 0 unspecified atom stereocenters. The molecule has 2 aromatic rings. The summed E-state index contributed by atoms with van der Waals surface area (Å²) >= 11 is 1.41. The Labute approximate surface area is 151 Å². The van der Waals surface area contributed by atoms with Gasteiger partial charge in [-0.05, 0) is 13.3 Å². The number of unbranched alkanes of at least 4 members (excludes halogenated alkanes) is 5. The van der Waals surface area contributed by atoms with Crippen molar-refractivity contribution in [2.24, 2.45) is 7.05 Å². The minimum Gasteiger partial charge on any atom is -0.393 e. The van der Waals surface area contributed by atoms with Gasteiger partial charge in [-0.15, -0.1) is 0 Å². The van der Waals surface area contributed by atoms with Crippen LogP contribution in [0.15, 0.2) is 14.7 Å². The van der Waals surface area contributed by atoms with Gasteiger partial charge in [0.15, 0.2) is 16.3 Å². The van der Waals surface area contributed by atoms with Gasteiger partial charge in [0, 0.05) is 19.3 Å². The maximum absolute atomic E-state index is 12.3. The minimum atomic E-state index is -0.464. The van der Waals surface area contributed by atoms with E-state index in [1.165, 1.54) is 42.0 Å². The predicted molar refractivity (Wildman–Crippen MR) is 101 cm³/mol. The van der Waals surface area contributed by atoms with Gasteiger partial charge < -0.3 is 9.67 Å². The SMILES string of the molecule is CCCCCCCCn1c(SC[C@@H](C)O)nc2c1c(=O)[nH]c(=O)n2C. The summed E-state index contributed by atoms with van der Waals surface area (Å²) in [6.07, 6.45) is 6.49. The standard InChI is InChI=1S/C17H28N4O3S/c1-4-5-6-7-8-9-10-21-13-14(18-17(21)25-11-12(2)22)20(3)16(24)19-15(13)23/h12,22H,4-11H2,1-3H3,(H,19,23,24)/t12-/m1/s1. The molecule has 2 N–H and O–H groups in total. The van der Waals surface area contributed by atoms with Crippen molar-refractivity contribution in [2.45, 2.75) is 70.2 Å². The molecule has 25 heavy (non-hydrogen) atoms. The molecule has 0 saturated heterocycles. The number of imidazole rings is 1. The minimum absolute atomic E-state index is 0.396. The molecule has 2 aromatic heterocycles. The van der Waals surface area contributed by atoms with Crippen molar-refractivity contribution < 1.29 is 5.11 Å². The third-order valence-corrected chi connectivity index (χ3v) is 5.38. The fourth-order valence-electron chi connectivity index (χ4n) is 2.78. The van der Waals surface area contributed by atoms with Crippen LogP contribution in [-0.4, -0.2) is 36.1 Å². The lowest BCUT2D eigenvalue weighted by atomic mass is 10.1. The highest BCUT2D eigenvalue weighted by Gasteiger charge is 2.17. The lowest BCUT2D eigenvalue weighted by Gasteiger charge is -2.09. The Morgan fingerprint density at radius 2 is 1.88 bits per heavy atom. The maximum atomic E-state index is 12.3. The molecule has 0 saturated carbocycles. The summed E-state index contributed by atoms with van der Waals surface area (Å²) in [5.74, 6) is 0.492. The second-order valence-electron chi connectivity index (χ2n) is 6.46. The summed E-state index contributed by atoms with van der Waals surface area (Å²) in [7, 11) is 1.60. The molecule has 2 heterocycles. The largest absolute Gasteiger partial charge is 0.393 e. The third kappa shape index (κ3) is 4.98. The van der Waals surface area contributed by atoms with E-state index >= 15 is 0 Å². The van der Waals surface area contributed by atoms with Crippen LogP contribution in [0.1, 0.15) is 52.4 Å². The van der Waals surface area contributed by atoms with Gasteiger partial charge in [0.2, 0.25) is 0 Å². The van der Waals surface area contributed by atoms with Crippen molar-refractivity contribution in [3.63, 3.8) is 0 Å². The number of nitrogens with zero attached hydrogens (tertiary/aromatic N) is 3. The highest BCUT2D eigenvalue weighted by Crippen LogP contribution is 2.23. The molecule has 0 spiro atoms. The second kappa shape index (κ2) is 9.24. The van der Waals surface area contributed by atoms with E-state index in [1.54, 1.807) is 14.0 Å². The Bertz CT molecular complexity index is 807. The average molecular weight is 369 g/mol. The van der Waals surface area contributed by atoms with Crippen molar-refractivity contribution in [2.75, 3.05) is 5.75 Å². The van der Waals surface area contributed by atoms with E-state index in [9.17, 15) is 14.7 Å². The summed E-state index contributed by atoms with van der Waals surface area (Å²) in [5, 5.41) is 10.2. The summed E-state index contributed by atoms with van der Waals surface area (Å²) in [5.41, 5.74) is -0.0363. The van der Waals surface area contributed by atoms with Crippen LogP contribution in [-0.2, 0) is 13.6 Å². The smallest absolute Gasteiger partial charge is 0.329 e. The molecule has 0 bridgehead atoms. The van der Waals surface area contributed by atoms with Crippen molar-refractivity contribution in [3.05, 3.63) is 20.8 Å². The fourth-order valence-corrected chi connectivity index (χ4v) is 3.66. The molecule has 8 heteroatoms. The van der Waals surface area contributed by atoms with Gasteiger partial charge in [0.1, 0.15) is 0 Å². The molecule has 140 valence electrons.